The largest absolute Gasteiger partial charge is 0.495 e. The van der Waals surface area contributed by atoms with Crippen molar-refractivity contribution in [1.82, 2.24) is 10.2 Å². The molecule has 0 spiro atoms. The molecule has 0 bridgehead atoms. The molecule has 0 radical (unpaired) electrons. The maximum atomic E-state index is 13.5. The Morgan fingerprint density at radius 3 is 2.38 bits per heavy atom. The van der Waals surface area contributed by atoms with Crippen molar-refractivity contribution in [2.24, 2.45) is 0 Å². The number of amides is 2. The van der Waals surface area contributed by atoms with Gasteiger partial charge in [-0.1, -0.05) is 48.9 Å². The molecule has 2 aromatic carbocycles. The first kappa shape index (κ1) is 25.2. The van der Waals surface area contributed by atoms with Crippen LogP contribution in [0.1, 0.15) is 24.5 Å². The van der Waals surface area contributed by atoms with Crippen LogP contribution in [0.15, 0.2) is 48.5 Å². The van der Waals surface area contributed by atoms with E-state index in [1.54, 1.807) is 24.3 Å². The zero-order chi connectivity index (χ0) is 23.9. The monoisotopic (exact) mass is 461 g/mol. The van der Waals surface area contributed by atoms with E-state index in [1.165, 1.54) is 19.1 Å². The summed E-state index contributed by atoms with van der Waals surface area (Å²) in [5.74, 6) is -0.468. The van der Waals surface area contributed by atoms with Gasteiger partial charge in [0.25, 0.3) is 0 Å². The average molecular weight is 462 g/mol. The van der Waals surface area contributed by atoms with Crippen LogP contribution in [0.5, 0.6) is 5.75 Å². The molecule has 2 rings (SSSR count). The Morgan fingerprint density at radius 2 is 1.81 bits per heavy atom. The van der Waals surface area contributed by atoms with Crippen molar-refractivity contribution in [2.45, 2.75) is 32.9 Å². The smallest absolute Gasteiger partial charge is 0.244 e. The number of aryl methyl sites for hydroxylation is 1. The SMILES string of the molecule is CC[C@H](C(=O)NC)N(Cc1cccc(C)c1)C(=O)CN(c1ccccc1OC)S(C)(=O)=O. The first-order valence-electron chi connectivity index (χ1n) is 10.3. The summed E-state index contributed by atoms with van der Waals surface area (Å²) >= 11 is 0. The third-order valence-electron chi connectivity index (χ3n) is 5.10. The van der Waals surface area contributed by atoms with Gasteiger partial charge in [0.05, 0.1) is 19.1 Å². The number of rotatable bonds is 10. The minimum atomic E-state index is -3.81. The maximum absolute atomic E-state index is 13.5. The summed E-state index contributed by atoms with van der Waals surface area (Å²) in [6, 6.07) is 13.5. The molecule has 0 heterocycles. The summed E-state index contributed by atoms with van der Waals surface area (Å²) in [5, 5.41) is 2.60. The topological polar surface area (TPSA) is 96.0 Å². The van der Waals surface area contributed by atoms with E-state index in [4.69, 9.17) is 4.74 Å². The third kappa shape index (κ3) is 6.23. The van der Waals surface area contributed by atoms with Crippen LogP contribution in [0, 0.1) is 6.92 Å². The van der Waals surface area contributed by atoms with E-state index in [9.17, 15) is 18.0 Å². The normalized spacial score (nSPS) is 12.0. The van der Waals surface area contributed by atoms with Gasteiger partial charge >= 0.3 is 0 Å². The second kappa shape index (κ2) is 11.0. The molecule has 32 heavy (non-hydrogen) atoms. The van der Waals surface area contributed by atoms with Crippen LogP contribution >= 0.6 is 0 Å². The van der Waals surface area contributed by atoms with Crippen molar-refractivity contribution >= 4 is 27.5 Å². The van der Waals surface area contributed by atoms with Crippen molar-refractivity contribution in [3.63, 3.8) is 0 Å². The van der Waals surface area contributed by atoms with Gasteiger partial charge in [-0.05, 0) is 31.0 Å². The first-order valence-corrected chi connectivity index (χ1v) is 12.1. The lowest BCUT2D eigenvalue weighted by Crippen LogP contribution is -2.51. The fourth-order valence-electron chi connectivity index (χ4n) is 3.52. The fourth-order valence-corrected chi connectivity index (χ4v) is 4.38. The molecule has 0 aliphatic heterocycles. The molecule has 0 aliphatic carbocycles. The van der Waals surface area contributed by atoms with E-state index in [0.717, 1.165) is 21.7 Å². The Labute approximate surface area is 190 Å². The minimum Gasteiger partial charge on any atom is -0.495 e. The second-order valence-corrected chi connectivity index (χ2v) is 9.40. The van der Waals surface area contributed by atoms with Crippen LogP contribution in [-0.4, -0.2) is 58.1 Å². The van der Waals surface area contributed by atoms with Gasteiger partial charge in [-0.2, -0.15) is 0 Å². The highest BCUT2D eigenvalue weighted by Gasteiger charge is 2.32. The van der Waals surface area contributed by atoms with Crippen molar-refractivity contribution in [1.29, 1.82) is 0 Å². The molecule has 2 aromatic rings. The Hall–Kier alpha value is -3.07. The minimum absolute atomic E-state index is 0.177. The number of nitrogens with zero attached hydrogens (tertiary/aromatic N) is 2. The number of ether oxygens (including phenoxy) is 1. The third-order valence-corrected chi connectivity index (χ3v) is 6.23. The Balaban J connectivity index is 2.47. The molecule has 1 N–H and O–H groups in total. The van der Waals surface area contributed by atoms with Gasteiger partial charge in [-0.25, -0.2) is 8.42 Å². The van der Waals surface area contributed by atoms with Gasteiger partial charge in [-0.15, -0.1) is 0 Å². The van der Waals surface area contributed by atoms with E-state index in [2.05, 4.69) is 5.32 Å². The summed E-state index contributed by atoms with van der Waals surface area (Å²) < 4.78 is 31.5. The quantitative estimate of drug-likeness (QED) is 0.586. The second-order valence-electron chi connectivity index (χ2n) is 7.49. The van der Waals surface area contributed by atoms with E-state index in [1.807, 2.05) is 38.1 Å². The van der Waals surface area contributed by atoms with Gasteiger partial charge in [0.2, 0.25) is 21.8 Å². The molecule has 8 nitrogen and oxygen atoms in total. The molecule has 0 aliphatic rings. The van der Waals surface area contributed by atoms with Crippen LogP contribution < -0.4 is 14.4 Å². The van der Waals surface area contributed by atoms with Crippen molar-refractivity contribution in [3.05, 3.63) is 59.7 Å². The summed E-state index contributed by atoms with van der Waals surface area (Å²) in [4.78, 5) is 27.5. The van der Waals surface area contributed by atoms with Gasteiger partial charge in [0.15, 0.2) is 0 Å². The van der Waals surface area contributed by atoms with E-state index in [-0.39, 0.29) is 18.1 Å². The number of carbonyl (C=O) groups excluding carboxylic acids is 2. The number of anilines is 1. The van der Waals surface area contributed by atoms with Gasteiger partial charge in [0.1, 0.15) is 18.3 Å². The number of para-hydroxylation sites is 2. The molecular weight excluding hydrogens is 430 g/mol. The number of hydrogen-bond donors (Lipinski definition) is 1. The lowest BCUT2D eigenvalue weighted by Gasteiger charge is -2.32. The summed E-state index contributed by atoms with van der Waals surface area (Å²) in [6.07, 6.45) is 1.42. The Kier molecular flexibility index (Phi) is 8.65. The summed E-state index contributed by atoms with van der Waals surface area (Å²) in [5.41, 5.74) is 2.13. The van der Waals surface area contributed by atoms with Crippen molar-refractivity contribution in [2.75, 3.05) is 31.3 Å². The molecule has 9 heteroatoms. The standard InChI is InChI=1S/C23H31N3O5S/c1-6-19(23(28)24-3)25(15-18-11-9-10-17(2)14-18)22(27)16-26(32(5,29)30)20-12-7-8-13-21(20)31-4/h7-14,19H,6,15-16H2,1-5H3,(H,24,28)/t19-/m1/s1. The maximum Gasteiger partial charge on any atom is 0.244 e. The van der Waals surface area contributed by atoms with Crippen LogP contribution in [-0.2, 0) is 26.2 Å². The molecule has 1 atom stereocenters. The zero-order valence-electron chi connectivity index (χ0n) is 19.2. The van der Waals surface area contributed by atoms with Crippen LogP contribution in [0.3, 0.4) is 0 Å². The number of hydrogen-bond acceptors (Lipinski definition) is 5. The summed E-state index contributed by atoms with van der Waals surface area (Å²) in [6.45, 7) is 3.47. The van der Waals surface area contributed by atoms with E-state index >= 15 is 0 Å². The van der Waals surface area contributed by atoms with E-state index in [0.29, 0.717) is 12.2 Å². The number of benzene rings is 2. The lowest BCUT2D eigenvalue weighted by molar-refractivity contribution is -0.140. The van der Waals surface area contributed by atoms with E-state index < -0.39 is 28.5 Å². The summed E-state index contributed by atoms with van der Waals surface area (Å²) in [7, 11) is -0.865. The molecule has 0 aromatic heterocycles. The lowest BCUT2D eigenvalue weighted by atomic mass is 10.1. The number of sulfonamides is 1. The van der Waals surface area contributed by atoms with Crippen LogP contribution in [0.25, 0.3) is 0 Å². The molecule has 0 saturated carbocycles. The van der Waals surface area contributed by atoms with Crippen LogP contribution in [0.4, 0.5) is 5.69 Å². The molecular formula is C23H31N3O5S. The van der Waals surface area contributed by atoms with Gasteiger partial charge < -0.3 is 15.0 Å². The molecule has 0 saturated heterocycles. The molecule has 174 valence electrons. The Morgan fingerprint density at radius 1 is 1.12 bits per heavy atom. The molecule has 0 fully saturated rings. The highest BCUT2D eigenvalue weighted by Crippen LogP contribution is 2.29. The van der Waals surface area contributed by atoms with Crippen LogP contribution in [0.2, 0.25) is 0 Å². The van der Waals surface area contributed by atoms with Gasteiger partial charge in [-0.3, -0.25) is 13.9 Å². The average Bonchev–Trinajstić information content (AvgIpc) is 2.76. The number of nitrogens with one attached hydrogen (secondary N) is 1. The van der Waals surface area contributed by atoms with Crippen molar-refractivity contribution in [3.8, 4) is 5.75 Å². The predicted octanol–water partition coefficient (Wildman–Crippen LogP) is 2.32. The van der Waals surface area contributed by atoms with Crippen molar-refractivity contribution < 1.29 is 22.7 Å². The van der Waals surface area contributed by atoms with Gasteiger partial charge in [0, 0.05) is 13.6 Å². The molecule has 2 amide bonds. The Bertz CT molecular complexity index is 1060. The highest BCUT2D eigenvalue weighted by molar-refractivity contribution is 7.92. The number of likely N-dealkylation sites (N-methyl/N-ethyl adjacent to an activating group) is 1. The zero-order valence-corrected chi connectivity index (χ0v) is 20.0. The first-order chi connectivity index (χ1) is 15.1. The highest BCUT2D eigenvalue weighted by atomic mass is 32.2. The number of carbonyl (C=O) groups is 2. The number of methoxy groups -OCH3 is 1. The predicted molar refractivity (Wildman–Crippen MR) is 125 cm³/mol. The molecule has 0 unspecified atom stereocenters. The fraction of sp³-hybridized carbons (Fsp3) is 0.391.